The first-order valence-electron chi connectivity index (χ1n) is 4.34. The van der Waals surface area contributed by atoms with Gasteiger partial charge in [-0.2, -0.15) is 0 Å². The molecule has 0 fully saturated rings. The fourth-order valence-electron chi connectivity index (χ4n) is 1.32. The van der Waals surface area contributed by atoms with Crippen LogP contribution in [0.2, 0.25) is 0 Å². The Kier molecular flexibility index (Phi) is 4.37. The Morgan fingerprint density at radius 2 is 1.73 bits per heavy atom. The van der Waals surface area contributed by atoms with E-state index in [1.807, 2.05) is 0 Å². The standard InChI is InChI=1S/C10H15Cl/c11-9-5-1-2-6-10-7-3-4-8-10/h3-4,7-8,10H,1-2,5-6,9H2. The van der Waals surface area contributed by atoms with E-state index in [1.54, 1.807) is 0 Å². The average Bonchev–Trinajstić information content (AvgIpc) is 2.50. The van der Waals surface area contributed by atoms with Crippen LogP contribution < -0.4 is 0 Å². The summed E-state index contributed by atoms with van der Waals surface area (Å²) in [5.74, 6) is 1.53. The first-order chi connectivity index (χ1) is 5.43. The van der Waals surface area contributed by atoms with Gasteiger partial charge >= 0.3 is 0 Å². The normalized spacial score (nSPS) is 16.5. The molecule has 0 amide bonds. The molecule has 0 aromatic carbocycles. The molecule has 1 aliphatic carbocycles. The summed E-state index contributed by atoms with van der Waals surface area (Å²) in [7, 11) is 0. The van der Waals surface area contributed by atoms with Crippen molar-refractivity contribution in [3.63, 3.8) is 0 Å². The Labute approximate surface area is 73.9 Å². The molecule has 0 bridgehead atoms. The molecular weight excluding hydrogens is 156 g/mol. The number of unbranched alkanes of at least 4 members (excludes halogenated alkanes) is 2. The van der Waals surface area contributed by atoms with Gasteiger partial charge in [0.1, 0.15) is 0 Å². The Hall–Kier alpha value is -0.230. The third kappa shape index (κ3) is 3.62. The van der Waals surface area contributed by atoms with Crippen molar-refractivity contribution in [2.24, 2.45) is 5.92 Å². The predicted molar refractivity (Wildman–Crippen MR) is 51.0 cm³/mol. The summed E-state index contributed by atoms with van der Waals surface area (Å²) in [4.78, 5) is 0. The molecule has 0 aliphatic heterocycles. The topological polar surface area (TPSA) is 0 Å². The third-order valence-corrected chi connectivity index (χ3v) is 2.27. The minimum atomic E-state index is 0.713. The number of alkyl halides is 1. The van der Waals surface area contributed by atoms with Crippen LogP contribution >= 0.6 is 11.6 Å². The monoisotopic (exact) mass is 170 g/mol. The van der Waals surface area contributed by atoms with Crippen LogP contribution in [0.5, 0.6) is 0 Å². The van der Waals surface area contributed by atoms with Crippen molar-refractivity contribution < 1.29 is 0 Å². The van der Waals surface area contributed by atoms with E-state index < -0.39 is 0 Å². The molecular formula is C10H15Cl. The molecule has 0 atom stereocenters. The van der Waals surface area contributed by atoms with E-state index in [1.165, 1.54) is 25.7 Å². The highest BCUT2D eigenvalue weighted by Gasteiger charge is 2.01. The number of halogens is 1. The van der Waals surface area contributed by atoms with Crippen molar-refractivity contribution in [3.05, 3.63) is 24.3 Å². The van der Waals surface area contributed by atoms with Crippen LogP contribution in [0, 0.1) is 5.92 Å². The van der Waals surface area contributed by atoms with E-state index in [0.29, 0.717) is 5.92 Å². The molecule has 0 aromatic rings. The van der Waals surface area contributed by atoms with E-state index in [9.17, 15) is 0 Å². The van der Waals surface area contributed by atoms with Gasteiger partial charge in [-0.25, -0.2) is 0 Å². The van der Waals surface area contributed by atoms with Crippen LogP contribution in [-0.4, -0.2) is 5.88 Å². The highest BCUT2D eigenvalue weighted by molar-refractivity contribution is 6.17. The number of allylic oxidation sites excluding steroid dienone is 4. The Morgan fingerprint density at radius 3 is 2.36 bits per heavy atom. The molecule has 0 radical (unpaired) electrons. The summed E-state index contributed by atoms with van der Waals surface area (Å²) in [5.41, 5.74) is 0. The fourth-order valence-corrected chi connectivity index (χ4v) is 1.51. The van der Waals surface area contributed by atoms with Crippen LogP contribution in [0.1, 0.15) is 25.7 Å². The molecule has 0 spiro atoms. The van der Waals surface area contributed by atoms with Gasteiger partial charge in [-0.15, -0.1) is 11.6 Å². The zero-order valence-electron chi connectivity index (χ0n) is 6.80. The first kappa shape index (κ1) is 8.86. The molecule has 0 nitrogen and oxygen atoms in total. The van der Waals surface area contributed by atoms with Crippen molar-refractivity contribution in [1.82, 2.24) is 0 Å². The van der Waals surface area contributed by atoms with Crippen molar-refractivity contribution in [1.29, 1.82) is 0 Å². The van der Waals surface area contributed by atoms with Gasteiger partial charge in [-0.05, 0) is 18.8 Å². The van der Waals surface area contributed by atoms with Crippen molar-refractivity contribution in [2.45, 2.75) is 25.7 Å². The molecule has 11 heavy (non-hydrogen) atoms. The number of hydrogen-bond acceptors (Lipinski definition) is 0. The van der Waals surface area contributed by atoms with Crippen LogP contribution in [0.4, 0.5) is 0 Å². The van der Waals surface area contributed by atoms with E-state index in [2.05, 4.69) is 24.3 Å². The summed E-state index contributed by atoms with van der Waals surface area (Å²) in [6.45, 7) is 0. The lowest BCUT2D eigenvalue weighted by atomic mass is 10.0. The quantitative estimate of drug-likeness (QED) is 0.438. The zero-order valence-corrected chi connectivity index (χ0v) is 7.56. The van der Waals surface area contributed by atoms with Crippen LogP contribution in [-0.2, 0) is 0 Å². The second-order valence-electron chi connectivity index (χ2n) is 2.97. The highest BCUT2D eigenvalue weighted by Crippen LogP contribution is 2.16. The van der Waals surface area contributed by atoms with Crippen molar-refractivity contribution in [2.75, 3.05) is 5.88 Å². The van der Waals surface area contributed by atoms with Crippen LogP contribution in [0.3, 0.4) is 0 Å². The maximum absolute atomic E-state index is 5.57. The van der Waals surface area contributed by atoms with Crippen LogP contribution in [0.25, 0.3) is 0 Å². The van der Waals surface area contributed by atoms with Crippen molar-refractivity contribution in [3.8, 4) is 0 Å². The molecule has 0 saturated carbocycles. The molecule has 1 heteroatoms. The highest BCUT2D eigenvalue weighted by atomic mass is 35.5. The Morgan fingerprint density at radius 1 is 1.00 bits per heavy atom. The molecule has 62 valence electrons. The van der Waals surface area contributed by atoms with Crippen LogP contribution in [0.15, 0.2) is 24.3 Å². The van der Waals surface area contributed by atoms with E-state index in [0.717, 1.165) is 5.88 Å². The summed E-state index contributed by atoms with van der Waals surface area (Å²) < 4.78 is 0. The second kappa shape index (κ2) is 5.42. The van der Waals surface area contributed by atoms with Gasteiger partial charge in [0.25, 0.3) is 0 Å². The molecule has 0 N–H and O–H groups in total. The molecule has 1 rings (SSSR count). The van der Waals surface area contributed by atoms with Gasteiger partial charge in [0, 0.05) is 5.88 Å². The molecule has 0 saturated heterocycles. The number of hydrogen-bond donors (Lipinski definition) is 0. The molecule has 0 heterocycles. The third-order valence-electron chi connectivity index (χ3n) is 2.00. The zero-order chi connectivity index (χ0) is 7.94. The lowest BCUT2D eigenvalue weighted by Crippen LogP contribution is -1.89. The largest absolute Gasteiger partial charge is 0.127 e. The average molecular weight is 171 g/mol. The van der Waals surface area contributed by atoms with Crippen molar-refractivity contribution >= 4 is 11.6 Å². The SMILES string of the molecule is ClCCCCCC1C=CC=C1. The van der Waals surface area contributed by atoms with Gasteiger partial charge in [0.15, 0.2) is 0 Å². The van der Waals surface area contributed by atoms with Gasteiger partial charge in [0.2, 0.25) is 0 Å². The fraction of sp³-hybridized carbons (Fsp3) is 0.600. The van der Waals surface area contributed by atoms with Gasteiger partial charge in [-0.3, -0.25) is 0 Å². The lowest BCUT2D eigenvalue weighted by molar-refractivity contribution is 0.616. The van der Waals surface area contributed by atoms with Gasteiger partial charge in [-0.1, -0.05) is 37.1 Å². The second-order valence-corrected chi connectivity index (χ2v) is 3.35. The summed E-state index contributed by atoms with van der Waals surface area (Å²) in [6.07, 6.45) is 13.8. The van der Waals surface area contributed by atoms with Gasteiger partial charge in [0.05, 0.1) is 0 Å². The van der Waals surface area contributed by atoms with E-state index in [4.69, 9.17) is 11.6 Å². The Balaban J connectivity index is 1.95. The summed E-state index contributed by atoms with van der Waals surface area (Å²) in [5, 5.41) is 0. The Bertz CT molecular complexity index is 135. The molecule has 1 aliphatic rings. The minimum Gasteiger partial charge on any atom is -0.127 e. The minimum absolute atomic E-state index is 0.713. The molecule has 0 aromatic heterocycles. The summed E-state index contributed by atoms with van der Waals surface area (Å²) >= 11 is 5.57. The maximum Gasteiger partial charge on any atom is 0.0223 e. The lowest BCUT2D eigenvalue weighted by Gasteiger charge is -2.02. The predicted octanol–water partition coefficient (Wildman–Crippen LogP) is 3.53. The molecule has 0 unspecified atom stereocenters. The smallest absolute Gasteiger partial charge is 0.0223 e. The first-order valence-corrected chi connectivity index (χ1v) is 4.88. The number of rotatable bonds is 5. The van der Waals surface area contributed by atoms with E-state index >= 15 is 0 Å². The maximum atomic E-state index is 5.57. The van der Waals surface area contributed by atoms with E-state index in [-0.39, 0.29) is 0 Å². The van der Waals surface area contributed by atoms with Gasteiger partial charge < -0.3 is 0 Å². The summed E-state index contributed by atoms with van der Waals surface area (Å²) in [6, 6.07) is 0.